The number of nitrogens with one attached hydrogen (secondary N) is 1. The van der Waals surface area contributed by atoms with Crippen LogP contribution in [-0.4, -0.2) is 13.7 Å². The van der Waals surface area contributed by atoms with Gasteiger partial charge in [-0.3, -0.25) is 0 Å². The van der Waals surface area contributed by atoms with Gasteiger partial charge in [-0.05, 0) is 64.3 Å². The third-order valence-electron chi connectivity index (χ3n) is 3.29. The van der Waals surface area contributed by atoms with Crippen molar-refractivity contribution in [3.8, 4) is 5.75 Å². The lowest BCUT2D eigenvalue weighted by molar-refractivity contribution is 0.411. The minimum atomic E-state index is 0.117. The number of hydrogen-bond donors (Lipinski definition) is 1. The summed E-state index contributed by atoms with van der Waals surface area (Å²) in [6, 6.07) is 14.2. The Hall–Kier alpha value is -1.03. The molecule has 0 aliphatic rings. The molecule has 2 aromatic rings. The fourth-order valence-corrected chi connectivity index (χ4v) is 3.02. The topological polar surface area (TPSA) is 21.3 Å². The molecule has 0 saturated heterocycles. The van der Waals surface area contributed by atoms with Crippen molar-refractivity contribution in [3.63, 3.8) is 0 Å². The minimum Gasteiger partial charge on any atom is -0.496 e. The predicted octanol–water partition coefficient (Wildman–Crippen LogP) is 5.20. The first-order chi connectivity index (χ1) is 10.2. The first kappa shape index (κ1) is 16.3. The summed E-state index contributed by atoms with van der Waals surface area (Å²) < 4.78 is 6.25. The lowest BCUT2D eigenvalue weighted by atomic mass is 9.98. The fraction of sp³-hybridized carbons (Fsp3) is 0.294. The molecule has 0 bridgehead atoms. The zero-order chi connectivity index (χ0) is 15.2. The summed E-state index contributed by atoms with van der Waals surface area (Å²) >= 11 is 9.68. The van der Waals surface area contributed by atoms with Crippen LogP contribution in [-0.2, 0) is 0 Å². The summed E-state index contributed by atoms with van der Waals surface area (Å²) in [7, 11) is 1.67. The van der Waals surface area contributed by atoms with Gasteiger partial charge in [0.05, 0.1) is 17.6 Å². The van der Waals surface area contributed by atoms with Crippen LogP contribution in [0.25, 0.3) is 0 Å². The Morgan fingerprint density at radius 3 is 2.57 bits per heavy atom. The quantitative estimate of drug-likeness (QED) is 0.756. The third-order valence-corrected chi connectivity index (χ3v) is 4.14. The van der Waals surface area contributed by atoms with Crippen LogP contribution in [0.1, 0.15) is 30.5 Å². The number of ether oxygens (including phenoxy) is 1. The molecule has 0 fully saturated rings. The van der Waals surface area contributed by atoms with Gasteiger partial charge in [0.25, 0.3) is 0 Å². The molecule has 0 radical (unpaired) electrons. The van der Waals surface area contributed by atoms with Gasteiger partial charge in [-0.2, -0.15) is 0 Å². The van der Waals surface area contributed by atoms with E-state index in [1.54, 1.807) is 7.11 Å². The smallest absolute Gasteiger partial charge is 0.133 e. The molecule has 0 amide bonds. The third kappa shape index (κ3) is 4.22. The van der Waals surface area contributed by atoms with Crippen LogP contribution < -0.4 is 10.1 Å². The zero-order valence-electron chi connectivity index (χ0n) is 12.2. The van der Waals surface area contributed by atoms with Gasteiger partial charge in [-0.15, -0.1) is 0 Å². The van der Waals surface area contributed by atoms with Crippen LogP contribution in [0.3, 0.4) is 0 Å². The summed E-state index contributed by atoms with van der Waals surface area (Å²) in [5.74, 6) is 0.832. The van der Waals surface area contributed by atoms with E-state index in [-0.39, 0.29) is 6.04 Å². The molecule has 0 aliphatic heterocycles. The molecule has 0 spiro atoms. The molecule has 1 unspecified atom stereocenters. The predicted molar refractivity (Wildman–Crippen MR) is 92.3 cm³/mol. The Labute approximate surface area is 139 Å². The molecular formula is C17H19BrClNO. The van der Waals surface area contributed by atoms with E-state index in [2.05, 4.69) is 46.4 Å². The fourth-order valence-electron chi connectivity index (χ4n) is 2.27. The van der Waals surface area contributed by atoms with E-state index in [1.807, 2.05) is 24.3 Å². The molecule has 2 nitrogen and oxygen atoms in total. The summed E-state index contributed by atoms with van der Waals surface area (Å²) in [6.45, 7) is 3.10. The molecule has 0 aliphatic carbocycles. The monoisotopic (exact) mass is 367 g/mol. The summed E-state index contributed by atoms with van der Waals surface area (Å²) in [5, 5.41) is 4.33. The van der Waals surface area contributed by atoms with Crippen LogP contribution >= 0.6 is 27.5 Å². The van der Waals surface area contributed by atoms with Crippen molar-refractivity contribution in [2.45, 2.75) is 19.4 Å². The highest BCUT2D eigenvalue weighted by molar-refractivity contribution is 9.10. The van der Waals surface area contributed by atoms with Crippen molar-refractivity contribution in [1.82, 2.24) is 5.32 Å². The van der Waals surface area contributed by atoms with Crippen LogP contribution in [0.2, 0.25) is 5.02 Å². The molecule has 112 valence electrons. The number of rotatable bonds is 6. The van der Waals surface area contributed by atoms with Crippen molar-refractivity contribution < 1.29 is 4.74 Å². The van der Waals surface area contributed by atoms with E-state index in [4.69, 9.17) is 16.3 Å². The Morgan fingerprint density at radius 2 is 1.95 bits per heavy atom. The van der Waals surface area contributed by atoms with E-state index in [0.717, 1.165) is 33.8 Å². The number of benzene rings is 2. The molecule has 1 N–H and O–H groups in total. The van der Waals surface area contributed by atoms with E-state index >= 15 is 0 Å². The summed E-state index contributed by atoms with van der Waals surface area (Å²) in [4.78, 5) is 0. The average Bonchev–Trinajstić information content (AvgIpc) is 2.48. The second-order valence-corrected chi connectivity index (χ2v) is 6.13. The first-order valence-electron chi connectivity index (χ1n) is 6.98. The van der Waals surface area contributed by atoms with E-state index in [9.17, 15) is 0 Å². The van der Waals surface area contributed by atoms with E-state index in [0.29, 0.717) is 0 Å². The Bertz CT molecular complexity index is 603. The van der Waals surface area contributed by atoms with Gasteiger partial charge >= 0.3 is 0 Å². The largest absolute Gasteiger partial charge is 0.496 e. The zero-order valence-corrected chi connectivity index (χ0v) is 14.5. The Kier molecular flexibility index (Phi) is 6.09. The van der Waals surface area contributed by atoms with Gasteiger partial charge in [-0.1, -0.05) is 36.7 Å². The SMILES string of the molecule is CCCNC(c1cccc(Cl)c1)c1ccc(OC)c(Br)c1. The molecule has 1 atom stereocenters. The highest BCUT2D eigenvalue weighted by Gasteiger charge is 2.15. The summed E-state index contributed by atoms with van der Waals surface area (Å²) in [5.41, 5.74) is 2.34. The van der Waals surface area contributed by atoms with Crippen molar-refractivity contribution in [2.24, 2.45) is 0 Å². The molecule has 0 aromatic heterocycles. The minimum absolute atomic E-state index is 0.117. The normalized spacial score (nSPS) is 12.2. The maximum absolute atomic E-state index is 6.13. The molecule has 0 saturated carbocycles. The lowest BCUT2D eigenvalue weighted by Crippen LogP contribution is -2.23. The van der Waals surface area contributed by atoms with Crippen LogP contribution in [0.15, 0.2) is 46.9 Å². The van der Waals surface area contributed by atoms with Gasteiger partial charge in [0.15, 0.2) is 0 Å². The van der Waals surface area contributed by atoms with E-state index < -0.39 is 0 Å². The summed E-state index contributed by atoms with van der Waals surface area (Å²) in [6.07, 6.45) is 1.08. The number of methoxy groups -OCH3 is 1. The van der Waals surface area contributed by atoms with Crippen LogP contribution in [0, 0.1) is 0 Å². The second-order valence-electron chi connectivity index (χ2n) is 4.84. The van der Waals surface area contributed by atoms with Crippen LogP contribution in [0.4, 0.5) is 0 Å². The van der Waals surface area contributed by atoms with Gasteiger partial charge in [0.1, 0.15) is 5.75 Å². The average molecular weight is 369 g/mol. The number of halogens is 2. The van der Waals surface area contributed by atoms with Crippen molar-refractivity contribution >= 4 is 27.5 Å². The van der Waals surface area contributed by atoms with Gasteiger partial charge in [0.2, 0.25) is 0 Å². The first-order valence-corrected chi connectivity index (χ1v) is 8.15. The highest BCUT2D eigenvalue weighted by atomic mass is 79.9. The Balaban J connectivity index is 2.37. The molecule has 2 aromatic carbocycles. The molecule has 2 rings (SSSR count). The van der Waals surface area contributed by atoms with Gasteiger partial charge < -0.3 is 10.1 Å². The van der Waals surface area contributed by atoms with Crippen molar-refractivity contribution in [3.05, 3.63) is 63.1 Å². The van der Waals surface area contributed by atoms with Crippen LogP contribution in [0.5, 0.6) is 5.75 Å². The molecule has 4 heteroatoms. The molecule has 0 heterocycles. The lowest BCUT2D eigenvalue weighted by Gasteiger charge is -2.20. The van der Waals surface area contributed by atoms with Gasteiger partial charge in [-0.25, -0.2) is 0 Å². The molecular weight excluding hydrogens is 350 g/mol. The Morgan fingerprint density at radius 1 is 1.19 bits per heavy atom. The molecule has 21 heavy (non-hydrogen) atoms. The maximum atomic E-state index is 6.13. The van der Waals surface area contributed by atoms with Crippen molar-refractivity contribution in [2.75, 3.05) is 13.7 Å². The number of hydrogen-bond acceptors (Lipinski definition) is 2. The van der Waals surface area contributed by atoms with Crippen molar-refractivity contribution in [1.29, 1.82) is 0 Å². The maximum Gasteiger partial charge on any atom is 0.133 e. The standard InChI is InChI=1S/C17H19BrClNO/c1-3-9-20-17(12-5-4-6-14(19)10-12)13-7-8-16(21-2)15(18)11-13/h4-8,10-11,17,20H,3,9H2,1-2H3. The van der Waals surface area contributed by atoms with E-state index in [1.165, 1.54) is 5.56 Å². The highest BCUT2D eigenvalue weighted by Crippen LogP contribution is 2.31. The second kappa shape index (κ2) is 7.83. The van der Waals surface area contributed by atoms with Gasteiger partial charge in [0, 0.05) is 5.02 Å².